The normalized spacial score (nSPS) is 22.6. The van der Waals surface area contributed by atoms with Gasteiger partial charge in [0.05, 0.1) is 5.56 Å². The van der Waals surface area contributed by atoms with Gasteiger partial charge in [0.15, 0.2) is 18.8 Å². The van der Waals surface area contributed by atoms with E-state index in [4.69, 9.17) is 4.74 Å². The molecule has 3 heterocycles. The molecule has 1 N–H and O–H groups in total. The van der Waals surface area contributed by atoms with E-state index >= 15 is 0 Å². The number of imide groups is 1. The van der Waals surface area contributed by atoms with Crippen LogP contribution in [0.5, 0.6) is 5.75 Å². The second-order valence-electron chi connectivity index (χ2n) is 8.83. The van der Waals surface area contributed by atoms with Crippen molar-refractivity contribution < 1.29 is 28.5 Å². The van der Waals surface area contributed by atoms with Crippen molar-refractivity contribution in [3.63, 3.8) is 0 Å². The second-order valence-corrected chi connectivity index (χ2v) is 8.83. The third-order valence-electron chi connectivity index (χ3n) is 6.07. The monoisotopic (exact) mass is 441 g/mol. The minimum absolute atomic E-state index is 0.0959. The van der Waals surface area contributed by atoms with E-state index in [0.717, 1.165) is 24.2 Å². The van der Waals surface area contributed by atoms with Gasteiger partial charge in [-0.15, -0.1) is 4.90 Å². The predicted molar refractivity (Wildman–Crippen MR) is 116 cm³/mol. The molecule has 0 spiro atoms. The highest BCUT2D eigenvalue weighted by molar-refractivity contribution is 6.22. The van der Waals surface area contributed by atoms with Gasteiger partial charge in [-0.1, -0.05) is 12.1 Å². The van der Waals surface area contributed by atoms with Crippen molar-refractivity contribution in [2.24, 2.45) is 0 Å². The largest absolute Gasteiger partial charge is 0.502 e. The van der Waals surface area contributed by atoms with E-state index in [1.165, 1.54) is 4.58 Å². The number of urea groups is 1. The summed E-state index contributed by atoms with van der Waals surface area (Å²) in [5.74, 6) is -0.750. The van der Waals surface area contributed by atoms with Crippen LogP contribution in [0.3, 0.4) is 0 Å². The summed E-state index contributed by atoms with van der Waals surface area (Å²) in [4.78, 5) is 54.8. The standard InChI is InChI=1S/C23H28N4O5/c1-14(2)24-18(28)12-27-22(30)21-20(16-9-4-5-10-17(16)32-21)26(23(27)31)13-19(29)25-11-7-6-8-15(25)3/h4-5,9-10,14-15,21H,6-8,11-13H2,1-3H3/p+1. The molecule has 2 atom stereocenters. The Morgan fingerprint density at radius 1 is 1.22 bits per heavy atom. The third kappa shape index (κ3) is 3.99. The number of likely N-dealkylation sites (tertiary alicyclic amines) is 1. The Labute approximate surface area is 187 Å². The van der Waals surface area contributed by atoms with Gasteiger partial charge in [-0.3, -0.25) is 9.59 Å². The van der Waals surface area contributed by atoms with Crippen molar-refractivity contribution in [2.45, 2.75) is 58.2 Å². The van der Waals surface area contributed by atoms with E-state index in [-0.39, 0.29) is 24.5 Å². The summed E-state index contributed by atoms with van der Waals surface area (Å²) in [7, 11) is 0. The number of carbonyl (C=O) groups excluding carboxylic acids is 4. The fourth-order valence-corrected chi connectivity index (χ4v) is 4.55. The van der Waals surface area contributed by atoms with Crippen molar-refractivity contribution in [2.75, 3.05) is 19.6 Å². The zero-order chi connectivity index (χ0) is 23.0. The van der Waals surface area contributed by atoms with E-state index in [2.05, 4.69) is 5.32 Å². The first-order chi connectivity index (χ1) is 15.3. The number of fused-ring (bicyclic) bond motifs is 3. The van der Waals surface area contributed by atoms with Gasteiger partial charge in [0.2, 0.25) is 0 Å². The van der Waals surface area contributed by atoms with Crippen LogP contribution in [0.4, 0.5) is 4.79 Å². The molecular formula is C23H29N4O5+. The molecule has 0 radical (unpaired) electrons. The van der Waals surface area contributed by atoms with Crippen molar-refractivity contribution in [3.8, 4) is 5.75 Å². The van der Waals surface area contributed by atoms with E-state index < -0.39 is 30.5 Å². The summed E-state index contributed by atoms with van der Waals surface area (Å²) in [6.07, 6.45) is 1.85. The first-order valence-electron chi connectivity index (χ1n) is 11.1. The van der Waals surface area contributed by atoms with Crippen LogP contribution in [-0.4, -0.2) is 81.7 Å². The summed E-state index contributed by atoms with van der Waals surface area (Å²) in [6.45, 7) is 5.61. The Kier molecular flexibility index (Phi) is 5.99. The van der Waals surface area contributed by atoms with Gasteiger partial charge in [0.25, 0.3) is 17.9 Å². The number of ether oxygens (including phenoxy) is 1. The minimum atomic E-state index is -1.07. The molecule has 4 rings (SSSR count). The van der Waals surface area contributed by atoms with Crippen LogP contribution in [0.25, 0.3) is 0 Å². The summed E-state index contributed by atoms with van der Waals surface area (Å²) < 4.78 is 7.17. The fraction of sp³-hybridized carbons (Fsp3) is 0.522. The van der Waals surface area contributed by atoms with Gasteiger partial charge in [0.1, 0.15) is 5.75 Å². The highest BCUT2D eigenvalue weighted by Crippen LogP contribution is 2.32. The molecule has 1 fully saturated rings. The molecule has 5 amide bonds. The number of nitrogens with one attached hydrogen (secondary N) is 1. The van der Waals surface area contributed by atoms with E-state index in [1.807, 2.05) is 6.92 Å². The van der Waals surface area contributed by atoms with E-state index in [9.17, 15) is 19.2 Å². The molecule has 2 unspecified atom stereocenters. The zero-order valence-electron chi connectivity index (χ0n) is 18.7. The number of benzene rings is 1. The van der Waals surface area contributed by atoms with E-state index in [0.29, 0.717) is 23.6 Å². The molecule has 1 aromatic rings. The van der Waals surface area contributed by atoms with Gasteiger partial charge in [-0.2, -0.15) is 9.37 Å². The van der Waals surface area contributed by atoms with Crippen molar-refractivity contribution in [1.82, 2.24) is 15.1 Å². The Bertz CT molecular complexity index is 1000. The average molecular weight is 442 g/mol. The molecule has 9 nitrogen and oxygen atoms in total. The molecule has 0 aromatic heterocycles. The number of hydrogen-bond donors (Lipinski definition) is 1. The lowest BCUT2D eigenvalue weighted by Crippen LogP contribution is -2.61. The van der Waals surface area contributed by atoms with Crippen LogP contribution in [0.15, 0.2) is 24.3 Å². The Morgan fingerprint density at radius 3 is 2.69 bits per heavy atom. The van der Waals surface area contributed by atoms with Crippen LogP contribution in [0.2, 0.25) is 0 Å². The van der Waals surface area contributed by atoms with Gasteiger partial charge in [-0.05, 0) is 52.2 Å². The lowest BCUT2D eigenvalue weighted by atomic mass is 10.0. The summed E-state index contributed by atoms with van der Waals surface area (Å²) in [5, 5.41) is 2.69. The maximum atomic E-state index is 13.4. The molecule has 170 valence electrons. The maximum Gasteiger partial charge on any atom is 0.502 e. The maximum absolute atomic E-state index is 13.4. The zero-order valence-corrected chi connectivity index (χ0v) is 18.7. The van der Waals surface area contributed by atoms with Crippen LogP contribution < -0.4 is 10.1 Å². The highest BCUT2D eigenvalue weighted by Gasteiger charge is 2.54. The summed E-state index contributed by atoms with van der Waals surface area (Å²) in [6, 6.07) is 6.35. The molecular weight excluding hydrogens is 412 g/mol. The molecule has 32 heavy (non-hydrogen) atoms. The molecule has 3 aliphatic heterocycles. The number of piperidine rings is 1. The van der Waals surface area contributed by atoms with Crippen molar-refractivity contribution in [3.05, 3.63) is 29.8 Å². The average Bonchev–Trinajstić information content (AvgIpc) is 3.13. The van der Waals surface area contributed by atoms with E-state index in [1.54, 1.807) is 43.0 Å². The van der Waals surface area contributed by atoms with Gasteiger partial charge >= 0.3 is 11.9 Å². The Balaban J connectivity index is 1.70. The van der Waals surface area contributed by atoms with Crippen molar-refractivity contribution >= 4 is 29.5 Å². The summed E-state index contributed by atoms with van der Waals surface area (Å²) in [5.41, 5.74) is 0.985. The third-order valence-corrected chi connectivity index (χ3v) is 6.07. The lowest BCUT2D eigenvalue weighted by molar-refractivity contribution is -0.430. The predicted octanol–water partition coefficient (Wildman–Crippen LogP) is 1.14. The number of rotatable bonds is 5. The quantitative estimate of drug-likeness (QED) is 0.691. The number of hydrogen-bond acceptors (Lipinski definition) is 5. The number of carbonyl (C=O) groups is 4. The van der Waals surface area contributed by atoms with Crippen LogP contribution >= 0.6 is 0 Å². The van der Waals surface area contributed by atoms with Crippen LogP contribution in [-0.2, 0) is 14.4 Å². The summed E-state index contributed by atoms with van der Waals surface area (Å²) >= 11 is 0. The SMILES string of the molecule is CC(C)NC(=O)CN1C(=O)C2Oc3ccccc3C2=[N+](CC(=O)N2CCCCC2C)C1=O. The number of nitrogens with zero attached hydrogens (tertiary/aromatic N) is 3. The fourth-order valence-electron chi connectivity index (χ4n) is 4.55. The molecule has 1 saturated heterocycles. The molecule has 1 aromatic carbocycles. The van der Waals surface area contributed by atoms with Gasteiger partial charge in [-0.25, -0.2) is 4.79 Å². The Morgan fingerprint density at radius 2 is 1.97 bits per heavy atom. The lowest BCUT2D eigenvalue weighted by Gasteiger charge is -2.33. The number of para-hydroxylation sites is 1. The van der Waals surface area contributed by atoms with Gasteiger partial charge < -0.3 is 15.0 Å². The van der Waals surface area contributed by atoms with Crippen LogP contribution in [0.1, 0.15) is 45.6 Å². The molecule has 9 heteroatoms. The van der Waals surface area contributed by atoms with Crippen molar-refractivity contribution in [1.29, 1.82) is 0 Å². The second kappa shape index (κ2) is 8.72. The van der Waals surface area contributed by atoms with Gasteiger partial charge in [0, 0.05) is 18.6 Å². The van der Waals surface area contributed by atoms with Crippen LogP contribution in [0, 0.1) is 0 Å². The molecule has 0 bridgehead atoms. The topological polar surface area (TPSA) is 99.0 Å². The minimum Gasteiger partial charge on any atom is -0.469 e. The first kappa shape index (κ1) is 22.0. The molecule has 0 aliphatic carbocycles. The Hall–Kier alpha value is -3.23. The smallest absolute Gasteiger partial charge is 0.469 e. The number of amides is 5. The molecule has 3 aliphatic rings. The highest BCUT2D eigenvalue weighted by atomic mass is 16.5. The molecule has 0 saturated carbocycles. The first-order valence-corrected chi connectivity index (χ1v) is 11.1.